The number of nitrogens with zero attached hydrogens (tertiary/aromatic N) is 4. The van der Waals surface area contributed by atoms with E-state index in [1.165, 1.54) is 33.3 Å². The number of hydrogen-bond donors (Lipinski definition) is 2. The van der Waals surface area contributed by atoms with Crippen LogP contribution in [0.4, 0.5) is 0 Å². The molecule has 0 aliphatic heterocycles. The Bertz CT molecular complexity index is 1470. The average molecular weight is 479 g/mol. The van der Waals surface area contributed by atoms with Gasteiger partial charge in [0.05, 0.1) is 17.4 Å². The number of thiophene rings is 1. The minimum absolute atomic E-state index is 0.0717. The highest BCUT2D eigenvalue weighted by Gasteiger charge is 2.18. The Hall–Kier alpha value is -3.37. The lowest BCUT2D eigenvalue weighted by Crippen LogP contribution is -2.13. The van der Waals surface area contributed by atoms with Gasteiger partial charge < -0.3 is 15.2 Å². The van der Waals surface area contributed by atoms with Crippen molar-refractivity contribution in [3.8, 4) is 22.7 Å². The molecule has 0 unspecified atom stereocenters. The van der Waals surface area contributed by atoms with Crippen molar-refractivity contribution in [2.24, 2.45) is 0 Å². The van der Waals surface area contributed by atoms with E-state index in [0.29, 0.717) is 38.5 Å². The van der Waals surface area contributed by atoms with E-state index in [1.54, 1.807) is 12.3 Å². The number of aromatic amines is 1. The van der Waals surface area contributed by atoms with E-state index in [4.69, 9.17) is 10.3 Å². The van der Waals surface area contributed by atoms with Gasteiger partial charge in [0.15, 0.2) is 5.82 Å². The van der Waals surface area contributed by atoms with Gasteiger partial charge in [0.25, 0.3) is 5.56 Å². The van der Waals surface area contributed by atoms with Gasteiger partial charge in [-0.1, -0.05) is 56.8 Å². The molecule has 0 spiro atoms. The summed E-state index contributed by atoms with van der Waals surface area (Å²) in [6, 6.07) is 11.8. The van der Waals surface area contributed by atoms with Crippen molar-refractivity contribution < 1.29 is 4.42 Å². The molecule has 0 aliphatic rings. The van der Waals surface area contributed by atoms with E-state index in [2.05, 4.69) is 53.1 Å². The number of nitrogens with two attached hydrogens (primary N) is 1. The zero-order valence-electron chi connectivity index (χ0n) is 18.3. The third-order valence-corrected chi connectivity index (χ3v) is 7.12. The van der Waals surface area contributed by atoms with Crippen molar-refractivity contribution in [2.75, 3.05) is 5.84 Å². The van der Waals surface area contributed by atoms with E-state index < -0.39 is 0 Å². The zero-order valence-corrected chi connectivity index (χ0v) is 20.0. The van der Waals surface area contributed by atoms with Crippen LogP contribution in [-0.2, 0) is 11.2 Å². The van der Waals surface area contributed by atoms with Crippen LogP contribution in [0.3, 0.4) is 0 Å². The normalized spacial score (nSPS) is 12.0. The quantitative estimate of drug-likeness (QED) is 0.275. The number of nitrogen functional groups attached to an aromatic ring is 1. The Morgan fingerprint density at radius 1 is 1.18 bits per heavy atom. The number of aromatic nitrogens is 5. The summed E-state index contributed by atoms with van der Waals surface area (Å²) in [6.45, 7) is 6.52. The van der Waals surface area contributed by atoms with Crippen molar-refractivity contribution in [1.82, 2.24) is 24.8 Å². The largest absolute Gasteiger partial charge is 0.464 e. The lowest BCUT2D eigenvalue weighted by molar-refractivity contribution is 0.583. The van der Waals surface area contributed by atoms with Gasteiger partial charge >= 0.3 is 0 Å². The fourth-order valence-electron chi connectivity index (χ4n) is 3.50. The van der Waals surface area contributed by atoms with Crippen LogP contribution in [0.1, 0.15) is 32.2 Å². The summed E-state index contributed by atoms with van der Waals surface area (Å²) in [6.07, 6.45) is 1.58. The molecule has 4 heterocycles. The molecule has 0 aliphatic carbocycles. The number of fused-ring (bicyclic) bond motifs is 1. The number of H-pyrrole nitrogens is 1. The number of thioether (sulfide) groups is 1. The fraction of sp³-hybridized carbons (Fsp3) is 0.217. The molecule has 4 aromatic heterocycles. The van der Waals surface area contributed by atoms with E-state index >= 15 is 0 Å². The van der Waals surface area contributed by atoms with Gasteiger partial charge in [0.1, 0.15) is 16.4 Å². The maximum atomic E-state index is 12.7. The molecular weight excluding hydrogens is 456 g/mol. The first kappa shape index (κ1) is 21.5. The summed E-state index contributed by atoms with van der Waals surface area (Å²) in [7, 11) is 0. The number of nitrogens with one attached hydrogen (secondary N) is 1. The van der Waals surface area contributed by atoms with Crippen molar-refractivity contribution in [1.29, 1.82) is 0 Å². The van der Waals surface area contributed by atoms with Gasteiger partial charge in [-0.2, -0.15) is 0 Å². The number of rotatable bonds is 5. The predicted molar refractivity (Wildman–Crippen MR) is 132 cm³/mol. The molecule has 0 saturated carbocycles. The van der Waals surface area contributed by atoms with Crippen LogP contribution in [0.2, 0.25) is 0 Å². The van der Waals surface area contributed by atoms with Crippen LogP contribution >= 0.6 is 23.1 Å². The van der Waals surface area contributed by atoms with Crippen LogP contribution in [0.15, 0.2) is 62.4 Å². The topological polar surface area (TPSA) is 116 Å². The summed E-state index contributed by atoms with van der Waals surface area (Å²) in [4.78, 5) is 20.9. The Labute approximate surface area is 197 Å². The summed E-state index contributed by atoms with van der Waals surface area (Å²) >= 11 is 2.77. The van der Waals surface area contributed by atoms with Gasteiger partial charge in [0.2, 0.25) is 5.16 Å². The Morgan fingerprint density at radius 2 is 1.97 bits per heavy atom. The minimum atomic E-state index is -0.197. The second-order valence-corrected chi connectivity index (χ2v) is 10.4. The Balaban J connectivity index is 1.36. The second kappa shape index (κ2) is 8.20. The first-order valence-electron chi connectivity index (χ1n) is 10.3. The molecule has 0 radical (unpaired) electrons. The van der Waals surface area contributed by atoms with Crippen LogP contribution in [0, 0.1) is 0 Å². The van der Waals surface area contributed by atoms with E-state index in [0.717, 1.165) is 11.1 Å². The number of furan rings is 1. The Kier molecular flexibility index (Phi) is 5.34. The monoisotopic (exact) mass is 478 g/mol. The molecule has 0 bridgehead atoms. The first-order chi connectivity index (χ1) is 15.8. The SMILES string of the molecule is CC(C)(C)c1ccc(-c2nnc(SCc3nc4scc(-c5ccco5)c4c(=O)[nH]3)n2N)cc1. The number of benzene rings is 1. The highest BCUT2D eigenvalue weighted by molar-refractivity contribution is 7.98. The molecule has 0 atom stereocenters. The van der Waals surface area contributed by atoms with Gasteiger partial charge in [0, 0.05) is 16.5 Å². The second-order valence-electron chi connectivity index (χ2n) is 8.61. The van der Waals surface area contributed by atoms with Crippen LogP contribution < -0.4 is 11.4 Å². The van der Waals surface area contributed by atoms with Crippen molar-refractivity contribution >= 4 is 33.3 Å². The molecular formula is C23H22N6O2S2. The van der Waals surface area contributed by atoms with E-state index in [-0.39, 0.29) is 11.0 Å². The van der Waals surface area contributed by atoms with Crippen molar-refractivity contribution in [2.45, 2.75) is 37.1 Å². The molecule has 5 aromatic rings. The average Bonchev–Trinajstić information content (AvgIpc) is 3.52. The lowest BCUT2D eigenvalue weighted by atomic mass is 9.87. The maximum absolute atomic E-state index is 12.7. The van der Waals surface area contributed by atoms with Crippen LogP contribution in [0.5, 0.6) is 0 Å². The molecule has 0 amide bonds. The first-order valence-corrected chi connectivity index (χ1v) is 12.2. The third kappa shape index (κ3) is 4.07. The predicted octanol–water partition coefficient (Wildman–Crippen LogP) is 4.81. The Morgan fingerprint density at radius 3 is 2.67 bits per heavy atom. The standard InChI is InChI=1S/C23H22N6O2S2/c1-23(2,3)14-8-6-13(7-9-14)19-27-28-22(29(19)24)33-12-17-25-20(30)18-15(11-32-21(18)26-17)16-5-4-10-31-16/h4-11H,12,24H2,1-3H3,(H,25,26,30). The van der Waals surface area contributed by atoms with Crippen molar-refractivity contribution in [3.05, 3.63) is 69.8 Å². The maximum Gasteiger partial charge on any atom is 0.260 e. The highest BCUT2D eigenvalue weighted by Crippen LogP contribution is 2.32. The molecule has 168 valence electrons. The molecule has 0 saturated heterocycles. The third-order valence-electron chi connectivity index (χ3n) is 5.29. The summed E-state index contributed by atoms with van der Waals surface area (Å²) in [5.41, 5.74) is 2.75. The zero-order chi connectivity index (χ0) is 23.2. The van der Waals surface area contributed by atoms with Crippen LogP contribution in [-0.4, -0.2) is 24.8 Å². The lowest BCUT2D eigenvalue weighted by Gasteiger charge is -2.19. The molecule has 3 N–H and O–H groups in total. The van der Waals surface area contributed by atoms with Gasteiger partial charge in [-0.15, -0.1) is 21.5 Å². The minimum Gasteiger partial charge on any atom is -0.464 e. The summed E-state index contributed by atoms with van der Waals surface area (Å²) in [5, 5.41) is 11.4. The molecule has 8 nitrogen and oxygen atoms in total. The molecule has 0 fully saturated rings. The fourth-order valence-corrected chi connectivity index (χ4v) is 5.17. The molecule has 5 rings (SSSR count). The van der Waals surface area contributed by atoms with Crippen molar-refractivity contribution in [3.63, 3.8) is 0 Å². The molecule has 33 heavy (non-hydrogen) atoms. The smallest absolute Gasteiger partial charge is 0.260 e. The van der Waals surface area contributed by atoms with Gasteiger partial charge in [-0.3, -0.25) is 4.79 Å². The van der Waals surface area contributed by atoms with Gasteiger partial charge in [-0.25, -0.2) is 9.66 Å². The highest BCUT2D eigenvalue weighted by atomic mass is 32.2. The number of hydrogen-bond acceptors (Lipinski definition) is 8. The van der Waals surface area contributed by atoms with Gasteiger partial charge in [-0.05, 0) is 23.1 Å². The summed E-state index contributed by atoms with van der Waals surface area (Å²) in [5.74, 6) is 8.45. The van der Waals surface area contributed by atoms with Crippen LogP contribution in [0.25, 0.3) is 32.9 Å². The molecule has 1 aromatic carbocycles. The molecule has 10 heteroatoms. The summed E-state index contributed by atoms with van der Waals surface area (Å²) < 4.78 is 6.91. The van der Waals surface area contributed by atoms with E-state index in [9.17, 15) is 4.79 Å². The van der Waals surface area contributed by atoms with E-state index in [1.807, 2.05) is 23.6 Å².